The standard InChI is InChI=1S/C40H51N3O6S2/c1-40(2,3)49-39(47)43-27-50-26-34(43)38(46)42-33(23-41-37(45)32-16-10-11-17-35(32)44)36(51-25-30-14-8-5-9-15-30)22-28-18-20-31(21-19-28)48-24-29-12-6-4-7-13-29/h4,6-7,10-13,16-21,30,33-34,36,44H,5,8-9,14-15,22-27H2,1-3H3,(H,41,45)(H,42,46)/t33?,34-,36?/m0/s1. The molecule has 51 heavy (non-hydrogen) atoms. The van der Waals surface area contributed by atoms with Crippen LogP contribution in [0.5, 0.6) is 11.5 Å². The van der Waals surface area contributed by atoms with E-state index in [4.69, 9.17) is 9.47 Å². The largest absolute Gasteiger partial charge is 0.507 e. The van der Waals surface area contributed by atoms with Crippen LogP contribution < -0.4 is 15.4 Å². The van der Waals surface area contributed by atoms with Gasteiger partial charge in [0.1, 0.15) is 29.7 Å². The lowest BCUT2D eigenvalue weighted by molar-refractivity contribution is -0.125. The van der Waals surface area contributed by atoms with Crippen LogP contribution in [0.3, 0.4) is 0 Å². The minimum Gasteiger partial charge on any atom is -0.507 e. The first-order valence-corrected chi connectivity index (χ1v) is 20.1. The zero-order chi connectivity index (χ0) is 36.2. The van der Waals surface area contributed by atoms with E-state index in [1.807, 2.05) is 75.0 Å². The van der Waals surface area contributed by atoms with Crippen molar-refractivity contribution in [2.45, 2.75) is 88.8 Å². The summed E-state index contributed by atoms with van der Waals surface area (Å²) in [5, 5.41) is 16.5. The molecule has 2 unspecified atom stereocenters. The van der Waals surface area contributed by atoms with Crippen LogP contribution in [0, 0.1) is 5.92 Å². The molecule has 3 aromatic carbocycles. The van der Waals surface area contributed by atoms with Crippen molar-refractivity contribution < 1.29 is 29.0 Å². The second-order valence-electron chi connectivity index (χ2n) is 14.3. The summed E-state index contributed by atoms with van der Waals surface area (Å²) in [6.07, 6.45) is 6.25. The van der Waals surface area contributed by atoms with Gasteiger partial charge in [-0.1, -0.05) is 73.9 Å². The molecule has 1 aliphatic carbocycles. The van der Waals surface area contributed by atoms with Crippen molar-refractivity contribution in [2.75, 3.05) is 23.9 Å². The normalized spacial score (nSPS) is 17.7. The van der Waals surface area contributed by atoms with E-state index in [0.29, 0.717) is 30.6 Å². The van der Waals surface area contributed by atoms with E-state index < -0.39 is 29.7 Å². The zero-order valence-corrected chi connectivity index (χ0v) is 31.5. The highest BCUT2D eigenvalue weighted by molar-refractivity contribution is 8.00. The summed E-state index contributed by atoms with van der Waals surface area (Å²) >= 11 is 3.35. The summed E-state index contributed by atoms with van der Waals surface area (Å²) in [5.41, 5.74) is 1.66. The predicted octanol–water partition coefficient (Wildman–Crippen LogP) is 7.42. The van der Waals surface area contributed by atoms with Crippen LogP contribution in [-0.4, -0.2) is 74.8 Å². The molecule has 3 atom stereocenters. The van der Waals surface area contributed by atoms with Gasteiger partial charge in [-0.25, -0.2) is 4.79 Å². The average Bonchev–Trinajstić information content (AvgIpc) is 3.63. The molecule has 274 valence electrons. The van der Waals surface area contributed by atoms with E-state index in [2.05, 4.69) is 22.8 Å². The van der Waals surface area contributed by atoms with Crippen LogP contribution in [0.1, 0.15) is 74.4 Å². The highest BCUT2D eigenvalue weighted by Crippen LogP contribution is 2.31. The maximum atomic E-state index is 14.0. The molecular formula is C40H51N3O6S2. The smallest absolute Gasteiger partial charge is 0.411 e. The van der Waals surface area contributed by atoms with Gasteiger partial charge >= 0.3 is 6.09 Å². The van der Waals surface area contributed by atoms with Crippen molar-refractivity contribution in [3.63, 3.8) is 0 Å². The second-order valence-corrected chi connectivity index (χ2v) is 16.6. The lowest BCUT2D eigenvalue weighted by Crippen LogP contribution is -2.56. The van der Waals surface area contributed by atoms with E-state index in [9.17, 15) is 19.5 Å². The van der Waals surface area contributed by atoms with E-state index >= 15 is 0 Å². The number of thioether (sulfide) groups is 2. The number of aromatic hydroxyl groups is 1. The van der Waals surface area contributed by atoms with Gasteiger partial charge in [0.15, 0.2) is 0 Å². The van der Waals surface area contributed by atoms with Crippen molar-refractivity contribution in [2.24, 2.45) is 5.92 Å². The molecule has 9 nitrogen and oxygen atoms in total. The summed E-state index contributed by atoms with van der Waals surface area (Å²) in [6, 6.07) is 23.4. The van der Waals surface area contributed by atoms with Gasteiger partial charge in [0, 0.05) is 17.5 Å². The fourth-order valence-electron chi connectivity index (χ4n) is 6.30. The molecule has 1 heterocycles. The molecular weight excluding hydrogens is 683 g/mol. The molecule has 2 aliphatic rings. The quantitative estimate of drug-likeness (QED) is 0.157. The first-order valence-electron chi connectivity index (χ1n) is 17.9. The number of rotatable bonds is 14. The first kappa shape index (κ1) is 38.4. The Bertz CT molecular complexity index is 1580. The number of phenols is 1. The molecule has 0 bridgehead atoms. The number of ether oxygens (including phenoxy) is 2. The Morgan fingerprint density at radius 2 is 1.65 bits per heavy atom. The third kappa shape index (κ3) is 11.9. The van der Waals surface area contributed by atoms with Gasteiger partial charge in [0.2, 0.25) is 5.91 Å². The molecule has 1 aliphatic heterocycles. The molecule has 3 amide bonds. The van der Waals surface area contributed by atoms with Crippen molar-refractivity contribution in [3.05, 3.63) is 95.6 Å². The molecule has 1 saturated carbocycles. The molecule has 0 aromatic heterocycles. The Morgan fingerprint density at radius 3 is 2.35 bits per heavy atom. The molecule has 1 saturated heterocycles. The first-order chi connectivity index (χ1) is 24.6. The van der Waals surface area contributed by atoms with Gasteiger partial charge in [-0.15, -0.1) is 11.8 Å². The Kier molecular flexibility index (Phi) is 14.0. The Morgan fingerprint density at radius 1 is 0.941 bits per heavy atom. The van der Waals surface area contributed by atoms with Crippen LogP contribution in [0.4, 0.5) is 4.79 Å². The fraction of sp³-hybridized carbons (Fsp3) is 0.475. The highest BCUT2D eigenvalue weighted by atomic mass is 32.2. The van der Waals surface area contributed by atoms with E-state index in [1.165, 1.54) is 54.8 Å². The van der Waals surface area contributed by atoms with E-state index in [1.54, 1.807) is 18.2 Å². The summed E-state index contributed by atoms with van der Waals surface area (Å²) in [5.74, 6) is 2.33. The third-order valence-electron chi connectivity index (χ3n) is 9.10. The Hall–Kier alpha value is -3.83. The van der Waals surface area contributed by atoms with E-state index in [-0.39, 0.29) is 29.0 Å². The second kappa shape index (κ2) is 18.6. The number of amides is 3. The number of phenolic OH excluding ortho intramolecular Hbond substituents is 1. The Balaban J connectivity index is 1.36. The van der Waals surface area contributed by atoms with Gasteiger partial charge < -0.3 is 25.2 Å². The SMILES string of the molecule is CC(C)(C)OC(=O)N1CSC[C@H]1C(=O)NC(CNC(=O)c1ccccc1O)C(Cc1ccc(OCc2ccccc2)cc1)SCC1CCCCC1. The highest BCUT2D eigenvalue weighted by Gasteiger charge is 2.39. The number of carbonyl (C=O) groups excluding carboxylic acids is 3. The number of hydrogen-bond acceptors (Lipinski definition) is 8. The predicted molar refractivity (Wildman–Crippen MR) is 205 cm³/mol. The van der Waals surface area contributed by atoms with E-state index in [0.717, 1.165) is 22.6 Å². The molecule has 5 rings (SSSR count). The monoisotopic (exact) mass is 733 g/mol. The zero-order valence-electron chi connectivity index (χ0n) is 29.8. The fourth-order valence-corrected chi connectivity index (χ4v) is 9.01. The van der Waals surface area contributed by atoms with Crippen LogP contribution in [0.2, 0.25) is 0 Å². The number of nitrogens with one attached hydrogen (secondary N) is 2. The number of hydrogen-bond donors (Lipinski definition) is 3. The van der Waals surface area contributed by atoms with Gasteiger partial charge in [0.25, 0.3) is 5.91 Å². The molecule has 3 aromatic rings. The molecule has 0 spiro atoms. The summed E-state index contributed by atoms with van der Waals surface area (Å²) in [7, 11) is 0. The van der Waals surface area contributed by atoms with Gasteiger partial charge in [0.05, 0.1) is 17.5 Å². The van der Waals surface area contributed by atoms with Gasteiger partial charge in [-0.2, -0.15) is 11.8 Å². The third-order valence-corrected chi connectivity index (χ3v) is 11.7. The maximum Gasteiger partial charge on any atom is 0.411 e. The summed E-state index contributed by atoms with van der Waals surface area (Å²) in [4.78, 5) is 41.9. The van der Waals surface area contributed by atoms with Crippen LogP contribution in [-0.2, 0) is 22.6 Å². The van der Waals surface area contributed by atoms with Gasteiger partial charge in [-0.3, -0.25) is 14.5 Å². The van der Waals surface area contributed by atoms with Crippen molar-refractivity contribution >= 4 is 41.4 Å². The number of nitrogens with zero attached hydrogens (tertiary/aromatic N) is 1. The number of carbonyl (C=O) groups is 3. The average molecular weight is 734 g/mol. The van der Waals surface area contributed by atoms with Crippen molar-refractivity contribution in [1.29, 1.82) is 0 Å². The molecule has 0 radical (unpaired) electrons. The molecule has 3 N–H and O–H groups in total. The topological polar surface area (TPSA) is 117 Å². The minimum atomic E-state index is -0.703. The van der Waals surface area contributed by atoms with Crippen LogP contribution in [0.25, 0.3) is 0 Å². The summed E-state index contributed by atoms with van der Waals surface area (Å²) in [6.45, 7) is 6.05. The molecule has 2 fully saturated rings. The number of para-hydroxylation sites is 1. The Labute approximate surface area is 310 Å². The van der Waals surface area contributed by atoms with Crippen LogP contribution in [0.15, 0.2) is 78.9 Å². The van der Waals surface area contributed by atoms with Crippen molar-refractivity contribution in [3.8, 4) is 11.5 Å². The maximum absolute atomic E-state index is 14.0. The van der Waals surface area contributed by atoms with Crippen LogP contribution >= 0.6 is 23.5 Å². The summed E-state index contributed by atoms with van der Waals surface area (Å²) < 4.78 is 11.7. The molecule has 11 heteroatoms. The van der Waals surface area contributed by atoms with Gasteiger partial charge in [-0.05, 0) is 87.1 Å². The number of benzene rings is 3. The lowest BCUT2D eigenvalue weighted by atomic mass is 9.91. The minimum absolute atomic E-state index is 0.0966. The van der Waals surface area contributed by atoms with Crippen molar-refractivity contribution in [1.82, 2.24) is 15.5 Å². The lowest BCUT2D eigenvalue weighted by Gasteiger charge is -2.32.